The highest BCUT2D eigenvalue weighted by Crippen LogP contribution is 2.03. The lowest BCUT2D eigenvalue weighted by Crippen LogP contribution is -2.31. The molecule has 294 valence electrons. The van der Waals surface area contributed by atoms with Gasteiger partial charge in [-0.3, -0.25) is 33.8 Å². The van der Waals surface area contributed by atoms with Crippen LogP contribution in [0.25, 0.3) is 0 Å². The van der Waals surface area contributed by atoms with Crippen molar-refractivity contribution < 1.29 is 54.3 Å². The molecule has 0 saturated carbocycles. The molecular formula is C28H61N11O11. The van der Waals surface area contributed by atoms with E-state index in [2.05, 4.69) is 10.3 Å². The Balaban J connectivity index is -0.000000266. The summed E-state index contributed by atoms with van der Waals surface area (Å²) in [7, 11) is 0. The first-order valence-electron chi connectivity index (χ1n) is 15.9. The summed E-state index contributed by atoms with van der Waals surface area (Å²) in [6.45, 7) is 2.49. The molecule has 1 aliphatic rings. The second kappa shape index (κ2) is 34.7. The summed E-state index contributed by atoms with van der Waals surface area (Å²) >= 11 is 0. The van der Waals surface area contributed by atoms with Gasteiger partial charge in [-0.2, -0.15) is 0 Å². The molecule has 0 unspecified atom stereocenters. The molecule has 0 aromatic rings. The Morgan fingerprint density at radius 1 is 0.620 bits per heavy atom. The number of carboxylic acid groups (broad SMARTS) is 5. The maximum Gasteiger partial charge on any atom is 0.320 e. The SMILES string of the molecule is NC(=O)CC[C@H](N)C(=O)O.NC(N)=NCCC[C@H](N)C(=O)O.NCCCC[C@H](N)C(=O)O.NCCCC[C@H](N)C(=O)O.O=C(O)[C@@H]1CCCN1. The van der Waals surface area contributed by atoms with Crippen molar-refractivity contribution in [3.8, 4) is 0 Å². The van der Waals surface area contributed by atoms with Crippen molar-refractivity contribution in [1.29, 1.82) is 0 Å². The number of guanidine groups is 1. The maximum absolute atomic E-state index is 10.2. The molecule has 1 amide bonds. The van der Waals surface area contributed by atoms with Crippen LogP contribution in [0.3, 0.4) is 0 Å². The molecule has 24 N–H and O–H groups in total. The van der Waals surface area contributed by atoms with E-state index in [0.717, 1.165) is 45.1 Å². The number of carbonyl (C=O) groups excluding carboxylic acids is 1. The zero-order valence-corrected chi connectivity index (χ0v) is 28.5. The number of nitrogens with one attached hydrogen (secondary N) is 1. The zero-order valence-electron chi connectivity index (χ0n) is 28.5. The fourth-order valence-electron chi connectivity index (χ4n) is 3.22. The van der Waals surface area contributed by atoms with Gasteiger partial charge in [-0.05, 0) is 77.4 Å². The Morgan fingerprint density at radius 2 is 1.00 bits per heavy atom. The van der Waals surface area contributed by atoms with Gasteiger partial charge in [-0.25, -0.2) is 0 Å². The van der Waals surface area contributed by atoms with E-state index >= 15 is 0 Å². The number of aliphatic carboxylic acids is 5. The average molecular weight is 728 g/mol. The molecule has 0 bridgehead atoms. The Hall–Kier alpha value is -4.19. The monoisotopic (exact) mass is 727 g/mol. The third-order valence-corrected chi connectivity index (χ3v) is 6.24. The summed E-state index contributed by atoms with van der Waals surface area (Å²) in [5.74, 6) is -5.21. The second-order valence-electron chi connectivity index (χ2n) is 10.8. The minimum Gasteiger partial charge on any atom is -0.480 e. The van der Waals surface area contributed by atoms with Gasteiger partial charge in [0, 0.05) is 13.0 Å². The van der Waals surface area contributed by atoms with Crippen LogP contribution in [0.1, 0.15) is 77.0 Å². The number of carbonyl (C=O) groups is 6. The fourth-order valence-corrected chi connectivity index (χ4v) is 3.22. The first-order chi connectivity index (χ1) is 23.2. The van der Waals surface area contributed by atoms with Crippen LogP contribution in [0.2, 0.25) is 0 Å². The molecule has 0 spiro atoms. The van der Waals surface area contributed by atoms with Gasteiger partial charge in [0.1, 0.15) is 30.2 Å². The molecule has 1 heterocycles. The van der Waals surface area contributed by atoms with Crippen LogP contribution in [0.5, 0.6) is 0 Å². The fraction of sp³-hybridized carbons (Fsp3) is 0.750. The average Bonchev–Trinajstić information content (AvgIpc) is 3.59. The first kappa shape index (κ1) is 52.6. The van der Waals surface area contributed by atoms with Crippen molar-refractivity contribution >= 4 is 41.7 Å². The molecule has 0 aliphatic carbocycles. The van der Waals surface area contributed by atoms with Crippen LogP contribution in [-0.4, -0.2) is 124 Å². The molecule has 0 aromatic heterocycles. The number of amides is 1. The second-order valence-corrected chi connectivity index (χ2v) is 10.8. The molecule has 1 saturated heterocycles. The Morgan fingerprint density at radius 3 is 1.26 bits per heavy atom. The van der Waals surface area contributed by atoms with E-state index in [4.69, 9.17) is 77.1 Å². The quantitative estimate of drug-likeness (QED) is 0.0322. The lowest BCUT2D eigenvalue weighted by atomic mass is 10.1. The normalized spacial score (nSPS) is 15.1. The largest absolute Gasteiger partial charge is 0.480 e. The molecule has 22 nitrogen and oxygen atoms in total. The van der Waals surface area contributed by atoms with E-state index in [1.807, 2.05) is 0 Å². The van der Waals surface area contributed by atoms with Crippen LogP contribution in [0, 0.1) is 0 Å². The molecule has 50 heavy (non-hydrogen) atoms. The lowest BCUT2D eigenvalue weighted by molar-refractivity contribution is -0.139. The minimum absolute atomic E-state index is 0.0129. The lowest BCUT2D eigenvalue weighted by Gasteiger charge is -2.03. The zero-order chi connectivity index (χ0) is 39.7. The number of primary amides is 1. The standard InChI is InChI=1S/C6H14N4O2.2C6H14N2O2.C5H10N2O3.C5H9NO2/c7-4(5(11)12)2-1-3-10-6(8)9;2*7-4-2-1-3-5(8)6(9)10;6-3(5(9)10)1-2-4(7)8;7-5(8)4-2-1-3-6-4/h4H,1-3,7H2,(H,11,12)(H4,8,9,10);2*5H,1-4,7-8H2,(H,9,10);3H,1-2,6H2,(H2,7,8)(H,9,10);4,6H,1-3H2,(H,7,8)/t4-;2*5-;3-;4-/m00000/s1. The molecule has 0 aromatic carbocycles. The minimum atomic E-state index is -1.11. The number of hydrogen-bond acceptors (Lipinski definition) is 14. The van der Waals surface area contributed by atoms with E-state index < -0.39 is 59.9 Å². The summed E-state index contributed by atoms with van der Waals surface area (Å²) in [5.41, 5.74) is 46.0. The molecule has 0 radical (unpaired) electrons. The van der Waals surface area contributed by atoms with Gasteiger partial charge in [0.25, 0.3) is 0 Å². The number of aliphatic imine (C=N–C) groups is 1. The van der Waals surface area contributed by atoms with Crippen LogP contribution in [0.4, 0.5) is 0 Å². The molecule has 1 aliphatic heterocycles. The summed E-state index contributed by atoms with van der Waals surface area (Å²) in [5, 5.41) is 44.5. The van der Waals surface area contributed by atoms with Crippen LogP contribution >= 0.6 is 0 Å². The Kier molecular flexibility index (Phi) is 36.5. The summed E-state index contributed by atoms with van der Waals surface area (Å²) < 4.78 is 0. The summed E-state index contributed by atoms with van der Waals surface area (Å²) in [6.07, 6.45) is 7.19. The van der Waals surface area contributed by atoms with Crippen LogP contribution in [0.15, 0.2) is 4.99 Å². The highest BCUT2D eigenvalue weighted by Gasteiger charge is 2.20. The van der Waals surface area contributed by atoms with Crippen LogP contribution < -0.4 is 56.9 Å². The molecular weight excluding hydrogens is 666 g/mol. The topological polar surface area (TPSA) is 462 Å². The molecule has 1 rings (SSSR count). The van der Waals surface area contributed by atoms with Crippen molar-refractivity contribution in [2.24, 2.45) is 56.6 Å². The van der Waals surface area contributed by atoms with E-state index in [0.29, 0.717) is 45.3 Å². The van der Waals surface area contributed by atoms with Gasteiger partial charge in [-0.15, -0.1) is 0 Å². The maximum atomic E-state index is 10.2. The van der Waals surface area contributed by atoms with Crippen molar-refractivity contribution in [2.75, 3.05) is 26.2 Å². The predicted octanol–water partition coefficient (Wildman–Crippen LogP) is -4.01. The molecule has 1 fully saturated rings. The van der Waals surface area contributed by atoms with E-state index in [-0.39, 0.29) is 24.8 Å². The number of nitrogens with two attached hydrogens (primary N) is 9. The highest BCUT2D eigenvalue weighted by atomic mass is 16.4. The highest BCUT2D eigenvalue weighted by molar-refractivity contribution is 5.77. The smallest absolute Gasteiger partial charge is 0.320 e. The van der Waals surface area contributed by atoms with Crippen molar-refractivity contribution in [1.82, 2.24) is 5.32 Å². The van der Waals surface area contributed by atoms with Gasteiger partial charge >= 0.3 is 29.8 Å². The van der Waals surface area contributed by atoms with Gasteiger partial charge in [0.15, 0.2) is 5.96 Å². The third kappa shape index (κ3) is 40.0. The number of nitrogens with zero attached hydrogens (tertiary/aromatic N) is 1. The Bertz CT molecular complexity index is 955. The van der Waals surface area contributed by atoms with Crippen molar-refractivity contribution in [2.45, 2.75) is 107 Å². The van der Waals surface area contributed by atoms with Crippen molar-refractivity contribution in [3.05, 3.63) is 0 Å². The molecule has 22 heteroatoms. The van der Waals surface area contributed by atoms with E-state index in [9.17, 15) is 28.8 Å². The summed E-state index contributed by atoms with van der Waals surface area (Å²) in [4.78, 5) is 64.4. The number of hydrogen-bond donors (Lipinski definition) is 15. The summed E-state index contributed by atoms with van der Waals surface area (Å²) in [6, 6.07) is -3.50. The van der Waals surface area contributed by atoms with Gasteiger partial charge < -0.3 is 82.5 Å². The first-order valence-corrected chi connectivity index (χ1v) is 15.9. The Labute approximate surface area is 291 Å². The van der Waals surface area contributed by atoms with Gasteiger partial charge in [-0.1, -0.05) is 12.8 Å². The third-order valence-electron chi connectivity index (χ3n) is 6.24. The van der Waals surface area contributed by atoms with Crippen molar-refractivity contribution in [3.63, 3.8) is 0 Å². The number of rotatable bonds is 20. The predicted molar refractivity (Wildman–Crippen MR) is 185 cm³/mol. The van der Waals surface area contributed by atoms with Crippen LogP contribution in [-0.2, 0) is 28.8 Å². The number of unbranched alkanes of at least 4 members (excludes halogenated alkanes) is 2. The molecule has 5 atom stereocenters. The van der Waals surface area contributed by atoms with E-state index in [1.54, 1.807) is 0 Å². The van der Waals surface area contributed by atoms with Gasteiger partial charge in [0.05, 0.1) is 0 Å². The number of carboxylic acids is 5. The van der Waals surface area contributed by atoms with E-state index in [1.165, 1.54) is 0 Å². The van der Waals surface area contributed by atoms with Gasteiger partial charge in [0.2, 0.25) is 5.91 Å².